The second-order valence-electron chi connectivity index (χ2n) is 6.08. The fourth-order valence-electron chi connectivity index (χ4n) is 3.21. The van der Waals surface area contributed by atoms with Gasteiger partial charge in [0.05, 0.1) is 12.6 Å². The molecule has 3 atom stereocenters. The summed E-state index contributed by atoms with van der Waals surface area (Å²) in [4.78, 5) is 23.6. The molecule has 0 saturated carbocycles. The summed E-state index contributed by atoms with van der Waals surface area (Å²) in [5, 5.41) is 2.97. The maximum absolute atomic E-state index is 12.1. The van der Waals surface area contributed by atoms with E-state index in [1.165, 1.54) is 6.92 Å². The first-order chi connectivity index (χ1) is 10.4. The molecule has 1 amide bonds. The van der Waals surface area contributed by atoms with Crippen molar-refractivity contribution in [1.82, 2.24) is 5.32 Å². The molecule has 5 nitrogen and oxygen atoms in total. The highest BCUT2D eigenvalue weighted by molar-refractivity contribution is 5.89. The number of hydrogen-bond donors (Lipinski definition) is 2. The third-order valence-electron chi connectivity index (χ3n) is 4.39. The van der Waals surface area contributed by atoms with Crippen LogP contribution in [0, 0.1) is 11.8 Å². The zero-order valence-corrected chi connectivity index (χ0v) is 14.2. The Hall–Kier alpha value is -1.36. The van der Waals surface area contributed by atoms with Gasteiger partial charge in [-0.2, -0.15) is 0 Å². The molecule has 0 saturated heterocycles. The Kier molecular flexibility index (Phi) is 7.59. The smallest absolute Gasteiger partial charge is 0.333 e. The second-order valence-corrected chi connectivity index (χ2v) is 6.08. The van der Waals surface area contributed by atoms with Crippen LogP contribution in [0.4, 0.5) is 0 Å². The molecule has 0 unspecified atom stereocenters. The minimum Gasteiger partial charge on any atom is -0.462 e. The number of amides is 1. The van der Waals surface area contributed by atoms with Crippen molar-refractivity contribution in [3.63, 3.8) is 0 Å². The zero-order valence-electron chi connectivity index (χ0n) is 14.2. The van der Waals surface area contributed by atoms with Crippen LogP contribution >= 0.6 is 0 Å². The van der Waals surface area contributed by atoms with Gasteiger partial charge in [-0.3, -0.25) is 4.79 Å². The lowest BCUT2D eigenvalue weighted by molar-refractivity contribution is -0.139. The fraction of sp³-hybridized carbons (Fsp3) is 0.765. The molecule has 1 rings (SSSR count). The average Bonchev–Trinajstić information content (AvgIpc) is 2.48. The van der Waals surface area contributed by atoms with Gasteiger partial charge in [0.1, 0.15) is 0 Å². The van der Waals surface area contributed by atoms with E-state index in [1.807, 2.05) is 13.0 Å². The van der Waals surface area contributed by atoms with Crippen molar-refractivity contribution in [3.8, 4) is 0 Å². The maximum Gasteiger partial charge on any atom is 0.333 e. The monoisotopic (exact) mass is 310 g/mol. The predicted octanol–water partition coefficient (Wildman–Crippen LogP) is 2.15. The minimum absolute atomic E-state index is 0.0758. The molecule has 0 bridgehead atoms. The summed E-state index contributed by atoms with van der Waals surface area (Å²) in [6.07, 6.45) is 5.20. The van der Waals surface area contributed by atoms with E-state index in [1.54, 1.807) is 0 Å². The van der Waals surface area contributed by atoms with Gasteiger partial charge in [-0.15, -0.1) is 0 Å². The van der Waals surface area contributed by atoms with Crippen LogP contribution in [-0.2, 0) is 14.3 Å². The molecule has 0 heterocycles. The largest absolute Gasteiger partial charge is 0.462 e. The Morgan fingerprint density at radius 2 is 2.00 bits per heavy atom. The van der Waals surface area contributed by atoms with Gasteiger partial charge >= 0.3 is 5.97 Å². The Bertz CT molecular complexity index is 416. The summed E-state index contributed by atoms with van der Waals surface area (Å²) in [7, 11) is 0. The van der Waals surface area contributed by atoms with Crippen LogP contribution in [0.2, 0.25) is 0 Å². The van der Waals surface area contributed by atoms with E-state index < -0.39 is 0 Å². The lowest BCUT2D eigenvalue weighted by Crippen LogP contribution is -2.55. The van der Waals surface area contributed by atoms with E-state index in [2.05, 4.69) is 19.2 Å². The number of carbonyl (C=O) groups is 2. The van der Waals surface area contributed by atoms with Gasteiger partial charge in [-0.05, 0) is 18.8 Å². The number of ether oxygens (including phenoxy) is 1. The van der Waals surface area contributed by atoms with Gasteiger partial charge < -0.3 is 15.8 Å². The van der Waals surface area contributed by atoms with E-state index in [-0.39, 0.29) is 29.9 Å². The van der Waals surface area contributed by atoms with Crippen LogP contribution in [0.5, 0.6) is 0 Å². The molecule has 0 aromatic heterocycles. The van der Waals surface area contributed by atoms with Crippen LogP contribution in [0.3, 0.4) is 0 Å². The molecule has 0 fully saturated rings. The number of esters is 1. The lowest BCUT2D eigenvalue weighted by atomic mass is 9.74. The van der Waals surface area contributed by atoms with Crippen LogP contribution in [-0.4, -0.2) is 30.6 Å². The van der Waals surface area contributed by atoms with Gasteiger partial charge in [0, 0.05) is 24.5 Å². The maximum atomic E-state index is 12.1. The van der Waals surface area contributed by atoms with E-state index in [4.69, 9.17) is 10.5 Å². The minimum atomic E-state index is -0.269. The van der Waals surface area contributed by atoms with Crippen LogP contribution in [0.25, 0.3) is 0 Å². The topological polar surface area (TPSA) is 81.4 Å². The van der Waals surface area contributed by atoms with Crippen molar-refractivity contribution >= 4 is 11.9 Å². The lowest BCUT2D eigenvalue weighted by Gasteiger charge is -2.39. The third kappa shape index (κ3) is 4.83. The molecule has 22 heavy (non-hydrogen) atoms. The summed E-state index contributed by atoms with van der Waals surface area (Å²) in [5.74, 6) is 0.111. The second kappa shape index (κ2) is 8.93. The molecule has 3 N–H and O–H groups in total. The van der Waals surface area contributed by atoms with Gasteiger partial charge in [0.2, 0.25) is 5.91 Å². The number of carbonyl (C=O) groups excluding carboxylic acids is 2. The Morgan fingerprint density at radius 3 is 2.50 bits per heavy atom. The molecule has 0 radical (unpaired) electrons. The normalized spacial score (nSPS) is 24.8. The zero-order chi connectivity index (χ0) is 16.7. The van der Waals surface area contributed by atoms with Gasteiger partial charge in [-0.25, -0.2) is 4.79 Å². The summed E-state index contributed by atoms with van der Waals surface area (Å²) in [6.45, 7) is 8.15. The molecule has 0 aliphatic heterocycles. The van der Waals surface area contributed by atoms with Gasteiger partial charge in [-0.1, -0.05) is 39.7 Å². The first-order valence-corrected chi connectivity index (χ1v) is 8.34. The number of nitrogens with two attached hydrogens (primary N) is 1. The van der Waals surface area contributed by atoms with Crippen LogP contribution in [0.1, 0.15) is 53.4 Å². The SMILES string of the molecule is CCCOC(=O)C1=C[C@@H](C(CC)CC)[C@H](NC(C)=O)[C@@H](N)C1. The molecule has 0 aromatic rings. The van der Waals surface area contributed by atoms with Crippen molar-refractivity contribution in [3.05, 3.63) is 11.6 Å². The van der Waals surface area contributed by atoms with Crippen molar-refractivity contribution in [2.45, 2.75) is 65.5 Å². The Balaban J connectivity index is 3.02. The number of nitrogens with one attached hydrogen (secondary N) is 1. The van der Waals surface area contributed by atoms with Gasteiger partial charge in [0.15, 0.2) is 0 Å². The molecule has 1 aliphatic carbocycles. The highest BCUT2D eigenvalue weighted by atomic mass is 16.5. The molecular weight excluding hydrogens is 280 g/mol. The standard InChI is InChI=1S/C17H30N2O3/c1-5-8-22-17(21)13-9-14(12(6-2)7-3)16(15(18)10-13)19-11(4)20/h9,12,14-16H,5-8,10,18H2,1-4H3,(H,19,20)/t14-,15-,16-/m0/s1. The molecule has 0 spiro atoms. The number of hydrogen-bond acceptors (Lipinski definition) is 4. The van der Waals surface area contributed by atoms with Crippen molar-refractivity contribution in [1.29, 1.82) is 0 Å². The molecule has 5 heteroatoms. The molecule has 0 aromatic carbocycles. The molecular formula is C17H30N2O3. The highest BCUT2D eigenvalue weighted by Crippen LogP contribution is 2.32. The first kappa shape index (κ1) is 18.7. The van der Waals surface area contributed by atoms with E-state index in [0.717, 1.165) is 19.3 Å². The molecule has 126 valence electrons. The number of rotatable bonds is 7. The summed E-state index contributed by atoms with van der Waals surface area (Å²) >= 11 is 0. The third-order valence-corrected chi connectivity index (χ3v) is 4.39. The summed E-state index contributed by atoms with van der Waals surface area (Å²) in [6, 6.07) is -0.381. The van der Waals surface area contributed by atoms with Crippen molar-refractivity contribution in [2.75, 3.05) is 6.61 Å². The molecule has 1 aliphatic rings. The van der Waals surface area contributed by atoms with E-state index in [0.29, 0.717) is 24.5 Å². The average molecular weight is 310 g/mol. The fourth-order valence-corrected chi connectivity index (χ4v) is 3.21. The predicted molar refractivity (Wildman–Crippen MR) is 87.1 cm³/mol. The highest BCUT2D eigenvalue weighted by Gasteiger charge is 2.37. The van der Waals surface area contributed by atoms with Crippen molar-refractivity contribution in [2.24, 2.45) is 17.6 Å². The van der Waals surface area contributed by atoms with Crippen LogP contribution in [0.15, 0.2) is 11.6 Å². The summed E-state index contributed by atoms with van der Waals surface area (Å²) in [5.41, 5.74) is 6.91. The summed E-state index contributed by atoms with van der Waals surface area (Å²) < 4.78 is 5.24. The van der Waals surface area contributed by atoms with E-state index in [9.17, 15) is 9.59 Å². The Labute approximate surface area is 133 Å². The Morgan fingerprint density at radius 1 is 1.36 bits per heavy atom. The van der Waals surface area contributed by atoms with E-state index >= 15 is 0 Å². The van der Waals surface area contributed by atoms with Gasteiger partial charge in [0.25, 0.3) is 0 Å². The van der Waals surface area contributed by atoms with Crippen LogP contribution < -0.4 is 11.1 Å². The van der Waals surface area contributed by atoms with Crippen molar-refractivity contribution < 1.29 is 14.3 Å². The first-order valence-electron chi connectivity index (χ1n) is 8.34. The quantitative estimate of drug-likeness (QED) is 0.706.